The number of aryl methyl sites for hydroxylation is 3. The number of nitrogens with one attached hydrogen (secondary N) is 1. The highest BCUT2D eigenvalue weighted by atomic mass is 16.1. The molecule has 1 aromatic carbocycles. The summed E-state index contributed by atoms with van der Waals surface area (Å²) in [5, 5.41) is 3.32. The molecule has 1 aromatic rings. The predicted molar refractivity (Wildman–Crippen MR) is 70.9 cm³/mol. The van der Waals surface area contributed by atoms with E-state index in [-0.39, 0.29) is 11.9 Å². The first-order chi connectivity index (χ1) is 7.95. The molecule has 0 bridgehead atoms. The summed E-state index contributed by atoms with van der Waals surface area (Å²) in [4.78, 5) is 11.1. The lowest BCUT2D eigenvalue weighted by Gasteiger charge is -2.20. The summed E-state index contributed by atoms with van der Waals surface area (Å²) >= 11 is 0. The quantitative estimate of drug-likeness (QED) is 0.820. The largest absolute Gasteiger partial charge is 0.370 e. The van der Waals surface area contributed by atoms with Crippen LogP contribution in [-0.4, -0.2) is 12.5 Å². The Balaban J connectivity index is 3.08. The second kappa shape index (κ2) is 5.82. The highest BCUT2D eigenvalue weighted by molar-refractivity contribution is 5.74. The van der Waals surface area contributed by atoms with Crippen LogP contribution in [0.15, 0.2) is 12.1 Å². The van der Waals surface area contributed by atoms with Crippen LogP contribution in [0.3, 0.4) is 0 Å². The van der Waals surface area contributed by atoms with Crippen LogP contribution in [0, 0.1) is 20.8 Å². The van der Waals surface area contributed by atoms with Gasteiger partial charge in [0, 0.05) is 12.5 Å². The van der Waals surface area contributed by atoms with Gasteiger partial charge in [0.2, 0.25) is 5.91 Å². The van der Waals surface area contributed by atoms with Gasteiger partial charge < -0.3 is 11.1 Å². The summed E-state index contributed by atoms with van der Waals surface area (Å²) in [6.07, 6.45) is 0.344. The van der Waals surface area contributed by atoms with E-state index < -0.39 is 0 Å². The first-order valence-corrected chi connectivity index (χ1v) is 6.05. The number of hydrogen-bond donors (Lipinski definition) is 2. The highest BCUT2D eigenvalue weighted by Gasteiger charge is 2.16. The van der Waals surface area contributed by atoms with E-state index in [9.17, 15) is 4.79 Å². The zero-order valence-electron chi connectivity index (χ0n) is 11.1. The smallest absolute Gasteiger partial charge is 0.219 e. The molecule has 0 aliphatic heterocycles. The molecule has 3 heteroatoms. The van der Waals surface area contributed by atoms with Gasteiger partial charge in [0.15, 0.2) is 0 Å². The molecule has 1 unspecified atom stereocenters. The molecule has 3 N–H and O–H groups in total. The average Bonchev–Trinajstić information content (AvgIpc) is 2.22. The molecule has 0 saturated carbocycles. The van der Waals surface area contributed by atoms with Gasteiger partial charge in [-0.1, -0.05) is 19.1 Å². The van der Waals surface area contributed by atoms with Gasteiger partial charge in [0.25, 0.3) is 0 Å². The first kappa shape index (κ1) is 13.7. The number of carbonyl (C=O) groups excluding carboxylic acids is 1. The lowest BCUT2D eigenvalue weighted by molar-refractivity contribution is -0.118. The van der Waals surface area contributed by atoms with Crippen molar-refractivity contribution in [2.45, 2.75) is 40.2 Å². The van der Waals surface area contributed by atoms with E-state index in [0.717, 1.165) is 6.54 Å². The molecule has 17 heavy (non-hydrogen) atoms. The van der Waals surface area contributed by atoms with Gasteiger partial charge in [-0.25, -0.2) is 0 Å². The fourth-order valence-electron chi connectivity index (χ4n) is 2.10. The molecule has 0 aliphatic carbocycles. The van der Waals surface area contributed by atoms with Crippen molar-refractivity contribution in [1.82, 2.24) is 5.32 Å². The Labute approximate surface area is 103 Å². The number of primary amides is 1. The van der Waals surface area contributed by atoms with Crippen LogP contribution < -0.4 is 11.1 Å². The topological polar surface area (TPSA) is 55.1 Å². The zero-order valence-corrected chi connectivity index (χ0v) is 11.1. The molecule has 0 saturated heterocycles. The molecule has 0 radical (unpaired) electrons. The van der Waals surface area contributed by atoms with Crippen molar-refractivity contribution in [3.05, 3.63) is 34.4 Å². The van der Waals surface area contributed by atoms with Crippen LogP contribution in [0.5, 0.6) is 0 Å². The summed E-state index contributed by atoms with van der Waals surface area (Å²) < 4.78 is 0. The molecule has 0 spiro atoms. The average molecular weight is 234 g/mol. The normalized spacial score (nSPS) is 12.5. The Kier molecular flexibility index (Phi) is 4.70. The number of benzene rings is 1. The van der Waals surface area contributed by atoms with E-state index in [4.69, 9.17) is 5.73 Å². The fraction of sp³-hybridized carbons (Fsp3) is 0.500. The Morgan fingerprint density at radius 1 is 1.24 bits per heavy atom. The lowest BCUT2D eigenvalue weighted by Crippen LogP contribution is -2.27. The Hall–Kier alpha value is -1.35. The maximum atomic E-state index is 11.1. The van der Waals surface area contributed by atoms with Crippen molar-refractivity contribution in [3.8, 4) is 0 Å². The molecule has 1 atom stereocenters. The second-order valence-corrected chi connectivity index (χ2v) is 4.57. The molecule has 1 rings (SSSR count). The van der Waals surface area contributed by atoms with Gasteiger partial charge in [0.1, 0.15) is 0 Å². The van der Waals surface area contributed by atoms with E-state index in [1.807, 2.05) is 6.92 Å². The molecule has 0 fully saturated rings. The molecule has 0 heterocycles. The minimum atomic E-state index is -0.270. The van der Waals surface area contributed by atoms with Crippen LogP contribution in [0.2, 0.25) is 0 Å². The lowest BCUT2D eigenvalue weighted by atomic mass is 9.94. The molecule has 1 amide bonds. The van der Waals surface area contributed by atoms with Crippen molar-refractivity contribution in [2.24, 2.45) is 5.73 Å². The van der Waals surface area contributed by atoms with Gasteiger partial charge in [-0.15, -0.1) is 0 Å². The first-order valence-electron chi connectivity index (χ1n) is 6.05. The summed E-state index contributed by atoms with van der Waals surface area (Å²) in [6.45, 7) is 9.12. The zero-order chi connectivity index (χ0) is 13.0. The fourth-order valence-corrected chi connectivity index (χ4v) is 2.10. The third-order valence-corrected chi connectivity index (χ3v) is 3.11. The number of carbonyl (C=O) groups is 1. The summed E-state index contributed by atoms with van der Waals surface area (Å²) in [7, 11) is 0. The van der Waals surface area contributed by atoms with Crippen molar-refractivity contribution in [3.63, 3.8) is 0 Å². The molecular weight excluding hydrogens is 212 g/mol. The molecular formula is C14H22N2O. The van der Waals surface area contributed by atoms with Gasteiger partial charge >= 0.3 is 0 Å². The minimum Gasteiger partial charge on any atom is -0.370 e. The van der Waals surface area contributed by atoms with Crippen molar-refractivity contribution < 1.29 is 4.79 Å². The maximum absolute atomic E-state index is 11.1. The molecule has 0 aromatic heterocycles. The SMILES string of the molecule is CCNC(CC(N)=O)c1cc(C)c(C)cc1C. The summed E-state index contributed by atoms with van der Waals surface area (Å²) in [6, 6.07) is 4.34. The third-order valence-electron chi connectivity index (χ3n) is 3.11. The summed E-state index contributed by atoms with van der Waals surface area (Å²) in [5.74, 6) is -0.270. The van der Waals surface area contributed by atoms with Gasteiger partial charge in [-0.2, -0.15) is 0 Å². The standard InChI is InChI=1S/C14H22N2O/c1-5-16-13(8-14(15)17)12-7-10(3)9(2)6-11(12)4/h6-7,13,16H,5,8H2,1-4H3,(H2,15,17). The number of hydrogen-bond acceptors (Lipinski definition) is 2. The summed E-state index contributed by atoms with van der Waals surface area (Å²) in [5.41, 5.74) is 10.2. The van der Waals surface area contributed by atoms with E-state index in [1.54, 1.807) is 0 Å². The van der Waals surface area contributed by atoms with Crippen molar-refractivity contribution in [1.29, 1.82) is 0 Å². The van der Waals surface area contributed by atoms with E-state index >= 15 is 0 Å². The second-order valence-electron chi connectivity index (χ2n) is 4.57. The van der Waals surface area contributed by atoms with Gasteiger partial charge in [-0.3, -0.25) is 4.79 Å². The van der Waals surface area contributed by atoms with Crippen LogP contribution in [0.25, 0.3) is 0 Å². The number of nitrogens with two attached hydrogens (primary N) is 1. The van der Waals surface area contributed by atoms with Crippen LogP contribution >= 0.6 is 0 Å². The number of amides is 1. The van der Waals surface area contributed by atoms with Crippen molar-refractivity contribution >= 4 is 5.91 Å². The van der Waals surface area contributed by atoms with E-state index in [2.05, 4.69) is 38.2 Å². The van der Waals surface area contributed by atoms with Gasteiger partial charge in [0.05, 0.1) is 0 Å². The van der Waals surface area contributed by atoms with Crippen LogP contribution in [0.1, 0.15) is 41.6 Å². The Morgan fingerprint density at radius 3 is 2.35 bits per heavy atom. The van der Waals surface area contributed by atoms with E-state index in [0.29, 0.717) is 6.42 Å². The predicted octanol–water partition coefficient (Wildman–Crippen LogP) is 2.14. The highest BCUT2D eigenvalue weighted by Crippen LogP contribution is 2.23. The molecule has 3 nitrogen and oxygen atoms in total. The minimum absolute atomic E-state index is 0.0248. The van der Waals surface area contributed by atoms with Gasteiger partial charge in [-0.05, 0) is 49.6 Å². The number of rotatable bonds is 5. The monoisotopic (exact) mass is 234 g/mol. The van der Waals surface area contributed by atoms with Crippen molar-refractivity contribution in [2.75, 3.05) is 6.54 Å². The third kappa shape index (κ3) is 3.56. The maximum Gasteiger partial charge on any atom is 0.219 e. The van der Waals surface area contributed by atoms with Crippen LogP contribution in [-0.2, 0) is 4.79 Å². The van der Waals surface area contributed by atoms with Crippen LogP contribution in [0.4, 0.5) is 0 Å². The molecule has 94 valence electrons. The Morgan fingerprint density at radius 2 is 1.82 bits per heavy atom. The molecule has 0 aliphatic rings. The Bertz CT molecular complexity index is 413. The van der Waals surface area contributed by atoms with E-state index in [1.165, 1.54) is 22.3 Å².